The molecule has 0 radical (unpaired) electrons. The van der Waals surface area contributed by atoms with E-state index in [1.165, 1.54) is 0 Å². The molecule has 0 aliphatic carbocycles. The van der Waals surface area contributed by atoms with Crippen LogP contribution in [0.3, 0.4) is 0 Å². The third kappa shape index (κ3) is 3.87. The topological polar surface area (TPSA) is 32.7 Å². The SMILES string of the molecule is CCCOC1CCCN(c2ccc([C@H](C)O)cc2Cl)C1. The average Bonchev–Trinajstić information content (AvgIpc) is 2.45. The van der Waals surface area contributed by atoms with E-state index in [9.17, 15) is 5.11 Å². The van der Waals surface area contributed by atoms with Crippen LogP contribution in [0.5, 0.6) is 0 Å². The number of benzene rings is 1. The molecule has 2 rings (SSSR count). The second-order valence-corrected chi connectivity index (χ2v) is 5.88. The van der Waals surface area contributed by atoms with Gasteiger partial charge in [0.2, 0.25) is 0 Å². The van der Waals surface area contributed by atoms with Gasteiger partial charge in [0.25, 0.3) is 0 Å². The highest BCUT2D eigenvalue weighted by molar-refractivity contribution is 6.33. The van der Waals surface area contributed by atoms with Gasteiger partial charge in [0.05, 0.1) is 22.9 Å². The Hall–Kier alpha value is -0.770. The van der Waals surface area contributed by atoms with Gasteiger partial charge in [0.1, 0.15) is 0 Å². The van der Waals surface area contributed by atoms with Crippen LogP contribution in [-0.4, -0.2) is 30.9 Å². The summed E-state index contributed by atoms with van der Waals surface area (Å²) in [7, 11) is 0. The van der Waals surface area contributed by atoms with E-state index in [2.05, 4.69) is 11.8 Å². The molecular weight excluding hydrogens is 274 g/mol. The van der Waals surface area contributed by atoms with Gasteiger partial charge in [-0.25, -0.2) is 0 Å². The maximum Gasteiger partial charge on any atom is 0.0762 e. The predicted octanol–water partition coefficient (Wildman–Crippen LogP) is 3.79. The van der Waals surface area contributed by atoms with Crippen LogP contribution >= 0.6 is 11.6 Å². The quantitative estimate of drug-likeness (QED) is 0.897. The summed E-state index contributed by atoms with van der Waals surface area (Å²) in [5, 5.41) is 10.3. The van der Waals surface area contributed by atoms with Gasteiger partial charge in [-0.15, -0.1) is 0 Å². The Kier molecular flexibility index (Phi) is 5.70. The Morgan fingerprint density at radius 3 is 2.95 bits per heavy atom. The maximum atomic E-state index is 9.60. The van der Waals surface area contributed by atoms with Crippen molar-refractivity contribution in [3.8, 4) is 0 Å². The summed E-state index contributed by atoms with van der Waals surface area (Å²) in [5.74, 6) is 0. The zero-order chi connectivity index (χ0) is 14.5. The van der Waals surface area contributed by atoms with Crippen molar-refractivity contribution in [3.63, 3.8) is 0 Å². The molecule has 0 amide bonds. The van der Waals surface area contributed by atoms with E-state index in [-0.39, 0.29) is 0 Å². The summed E-state index contributed by atoms with van der Waals surface area (Å²) in [4.78, 5) is 2.29. The van der Waals surface area contributed by atoms with E-state index in [1.54, 1.807) is 6.92 Å². The largest absolute Gasteiger partial charge is 0.389 e. The second kappa shape index (κ2) is 7.30. The lowest BCUT2D eigenvalue weighted by molar-refractivity contribution is 0.0440. The normalized spacial score (nSPS) is 21.0. The smallest absolute Gasteiger partial charge is 0.0762 e. The number of piperidine rings is 1. The average molecular weight is 298 g/mol. The molecule has 1 aromatic rings. The molecule has 112 valence electrons. The standard InChI is InChI=1S/C16H24ClNO2/c1-3-9-20-14-5-4-8-18(11-14)16-7-6-13(12(2)19)10-15(16)17/h6-7,10,12,14,19H,3-5,8-9,11H2,1-2H3/t12-,14?/m0/s1. The van der Waals surface area contributed by atoms with Crippen LogP contribution in [0.1, 0.15) is 44.8 Å². The molecule has 0 bridgehead atoms. The maximum absolute atomic E-state index is 9.60. The van der Waals surface area contributed by atoms with Gasteiger partial charge in [0, 0.05) is 19.7 Å². The summed E-state index contributed by atoms with van der Waals surface area (Å²) in [6, 6.07) is 5.81. The fourth-order valence-electron chi connectivity index (χ4n) is 2.62. The molecule has 1 N–H and O–H groups in total. The Morgan fingerprint density at radius 2 is 2.30 bits per heavy atom. The van der Waals surface area contributed by atoms with Crippen molar-refractivity contribution in [1.82, 2.24) is 0 Å². The van der Waals surface area contributed by atoms with Gasteiger partial charge < -0.3 is 14.7 Å². The van der Waals surface area contributed by atoms with E-state index < -0.39 is 6.10 Å². The zero-order valence-corrected chi connectivity index (χ0v) is 13.1. The van der Waals surface area contributed by atoms with E-state index in [0.717, 1.165) is 50.2 Å². The molecule has 0 saturated carbocycles. The number of ether oxygens (including phenoxy) is 1. The number of rotatable bonds is 5. The number of aliphatic hydroxyl groups is 1. The highest BCUT2D eigenvalue weighted by Gasteiger charge is 2.22. The Bertz CT molecular complexity index is 436. The molecular formula is C16H24ClNO2. The van der Waals surface area contributed by atoms with Crippen LogP contribution in [0, 0.1) is 0 Å². The van der Waals surface area contributed by atoms with Crippen LogP contribution < -0.4 is 4.90 Å². The third-order valence-electron chi connectivity index (χ3n) is 3.73. The molecule has 4 heteroatoms. The molecule has 1 saturated heterocycles. The van der Waals surface area contributed by atoms with E-state index in [1.807, 2.05) is 18.2 Å². The molecule has 0 aromatic heterocycles. The van der Waals surface area contributed by atoms with Crippen molar-refractivity contribution in [3.05, 3.63) is 28.8 Å². The van der Waals surface area contributed by atoms with E-state index in [0.29, 0.717) is 11.1 Å². The van der Waals surface area contributed by atoms with Crippen LogP contribution in [0.15, 0.2) is 18.2 Å². The van der Waals surface area contributed by atoms with E-state index in [4.69, 9.17) is 16.3 Å². The van der Waals surface area contributed by atoms with Gasteiger partial charge in [-0.05, 0) is 43.9 Å². The van der Waals surface area contributed by atoms with Crippen LogP contribution in [-0.2, 0) is 4.74 Å². The number of hydrogen-bond donors (Lipinski definition) is 1. The highest BCUT2D eigenvalue weighted by atomic mass is 35.5. The third-order valence-corrected chi connectivity index (χ3v) is 4.03. The van der Waals surface area contributed by atoms with Crippen molar-refractivity contribution in [2.45, 2.75) is 45.3 Å². The first-order chi connectivity index (χ1) is 9.61. The predicted molar refractivity (Wildman–Crippen MR) is 83.6 cm³/mol. The summed E-state index contributed by atoms with van der Waals surface area (Å²) in [5.41, 5.74) is 1.90. The molecule has 0 spiro atoms. The molecule has 1 heterocycles. The van der Waals surface area contributed by atoms with Crippen molar-refractivity contribution in [2.75, 3.05) is 24.6 Å². The van der Waals surface area contributed by atoms with Crippen molar-refractivity contribution in [2.24, 2.45) is 0 Å². The Morgan fingerprint density at radius 1 is 1.50 bits per heavy atom. The van der Waals surface area contributed by atoms with Crippen molar-refractivity contribution < 1.29 is 9.84 Å². The molecule has 1 aliphatic heterocycles. The summed E-state index contributed by atoms with van der Waals surface area (Å²) >= 11 is 6.37. The van der Waals surface area contributed by atoms with Gasteiger partial charge in [-0.2, -0.15) is 0 Å². The van der Waals surface area contributed by atoms with Gasteiger partial charge in [-0.1, -0.05) is 24.6 Å². The Labute approximate surface area is 126 Å². The molecule has 1 unspecified atom stereocenters. The van der Waals surface area contributed by atoms with Crippen molar-refractivity contribution in [1.29, 1.82) is 0 Å². The van der Waals surface area contributed by atoms with Gasteiger partial charge >= 0.3 is 0 Å². The van der Waals surface area contributed by atoms with Gasteiger partial charge in [-0.3, -0.25) is 0 Å². The summed E-state index contributed by atoms with van der Waals surface area (Å²) < 4.78 is 5.86. The monoisotopic (exact) mass is 297 g/mol. The van der Waals surface area contributed by atoms with E-state index >= 15 is 0 Å². The zero-order valence-electron chi connectivity index (χ0n) is 12.3. The lowest BCUT2D eigenvalue weighted by atomic mass is 10.1. The second-order valence-electron chi connectivity index (χ2n) is 5.47. The minimum Gasteiger partial charge on any atom is -0.389 e. The minimum absolute atomic E-state index is 0.302. The molecule has 20 heavy (non-hydrogen) atoms. The molecule has 3 nitrogen and oxygen atoms in total. The number of halogens is 1. The van der Waals surface area contributed by atoms with Crippen LogP contribution in [0.2, 0.25) is 5.02 Å². The number of hydrogen-bond acceptors (Lipinski definition) is 3. The number of aliphatic hydroxyl groups excluding tert-OH is 1. The molecule has 1 fully saturated rings. The van der Waals surface area contributed by atoms with Gasteiger partial charge in [0.15, 0.2) is 0 Å². The molecule has 2 atom stereocenters. The molecule has 1 aromatic carbocycles. The summed E-state index contributed by atoms with van der Waals surface area (Å²) in [6.07, 6.45) is 3.13. The summed E-state index contributed by atoms with van der Waals surface area (Å²) in [6.45, 7) is 6.62. The lowest BCUT2D eigenvalue weighted by Gasteiger charge is -2.35. The fraction of sp³-hybridized carbons (Fsp3) is 0.625. The number of nitrogens with zero attached hydrogens (tertiary/aromatic N) is 1. The first-order valence-corrected chi connectivity index (χ1v) is 7.83. The highest BCUT2D eigenvalue weighted by Crippen LogP contribution is 2.31. The van der Waals surface area contributed by atoms with Crippen LogP contribution in [0.25, 0.3) is 0 Å². The fourth-order valence-corrected chi connectivity index (χ4v) is 2.93. The number of anilines is 1. The Balaban J connectivity index is 2.06. The van der Waals surface area contributed by atoms with Crippen LogP contribution in [0.4, 0.5) is 5.69 Å². The minimum atomic E-state index is -0.483. The lowest BCUT2D eigenvalue weighted by Crippen LogP contribution is -2.40. The first-order valence-electron chi connectivity index (χ1n) is 7.46. The van der Waals surface area contributed by atoms with Crippen molar-refractivity contribution >= 4 is 17.3 Å². The molecule has 1 aliphatic rings. The first kappa shape index (κ1) is 15.6.